The predicted octanol–water partition coefficient (Wildman–Crippen LogP) is 8.47. The van der Waals surface area contributed by atoms with Gasteiger partial charge < -0.3 is 15.0 Å². The van der Waals surface area contributed by atoms with Crippen LogP contribution in [0.25, 0.3) is 5.00 Å². The Bertz CT molecular complexity index is 2670. The fourth-order valence-electron chi connectivity index (χ4n) is 8.21. The van der Waals surface area contributed by atoms with Gasteiger partial charge in [0.15, 0.2) is 11.6 Å². The van der Waals surface area contributed by atoms with Crippen molar-refractivity contribution in [2.75, 3.05) is 13.2 Å². The number of benzene rings is 3. The van der Waals surface area contributed by atoms with Crippen LogP contribution in [0.2, 0.25) is 5.02 Å². The van der Waals surface area contributed by atoms with Crippen molar-refractivity contribution in [3.05, 3.63) is 116 Å². The Morgan fingerprint density at radius 1 is 0.938 bits per heavy atom. The summed E-state index contributed by atoms with van der Waals surface area (Å²) in [4.78, 5) is 70.9. The lowest BCUT2D eigenvalue weighted by Crippen LogP contribution is -2.52. The highest BCUT2D eigenvalue weighted by Gasteiger charge is 2.40. The molecular formula is C47H48ClN9O6S. The molecule has 1 saturated heterocycles. The summed E-state index contributed by atoms with van der Waals surface area (Å²) >= 11 is 7.91. The number of ketones is 1. The monoisotopic (exact) mass is 901 g/mol. The first-order valence-electron chi connectivity index (χ1n) is 21.5. The second kappa shape index (κ2) is 19.6. The number of thiophene rings is 1. The van der Waals surface area contributed by atoms with Gasteiger partial charge in [0.05, 0.1) is 23.5 Å². The van der Waals surface area contributed by atoms with Gasteiger partial charge in [-0.1, -0.05) is 49.1 Å². The number of carbonyl (C=O) groups is 5. The molecule has 5 heterocycles. The van der Waals surface area contributed by atoms with E-state index in [9.17, 15) is 24.0 Å². The van der Waals surface area contributed by atoms with E-state index < -0.39 is 18.0 Å². The van der Waals surface area contributed by atoms with Crippen LogP contribution in [0.15, 0.2) is 82.0 Å². The summed E-state index contributed by atoms with van der Waals surface area (Å²) in [6.07, 6.45) is 5.37. The van der Waals surface area contributed by atoms with E-state index in [1.54, 1.807) is 53.8 Å². The number of ether oxygens (including phenoxy) is 1. The third kappa shape index (κ3) is 9.72. The van der Waals surface area contributed by atoms with Gasteiger partial charge in [0.25, 0.3) is 5.91 Å². The zero-order chi connectivity index (χ0) is 44.9. The minimum atomic E-state index is -0.710. The Hall–Kier alpha value is -6.39. The van der Waals surface area contributed by atoms with Crippen molar-refractivity contribution in [2.45, 2.75) is 97.2 Å². The maximum absolute atomic E-state index is 13.3. The zero-order valence-corrected chi connectivity index (χ0v) is 37.4. The molecule has 2 aromatic heterocycles. The summed E-state index contributed by atoms with van der Waals surface area (Å²) in [5.41, 5.74) is 6.11. The second-order valence-corrected chi connectivity index (χ2v) is 17.8. The molecule has 1 fully saturated rings. The number of aromatic nitrogens is 3. The van der Waals surface area contributed by atoms with Crippen LogP contribution in [0.5, 0.6) is 5.75 Å². The van der Waals surface area contributed by atoms with Gasteiger partial charge >= 0.3 is 0 Å². The number of fused-ring (bicyclic) bond motifs is 4. The third-order valence-electron chi connectivity index (χ3n) is 11.8. The number of Topliss-reactive ketones (excluding diaryl/α,β-unsaturated/α-hetero) is 1. The molecule has 4 amide bonds. The molecule has 330 valence electrons. The van der Waals surface area contributed by atoms with E-state index in [-0.39, 0.29) is 55.9 Å². The van der Waals surface area contributed by atoms with Crippen molar-refractivity contribution in [3.63, 3.8) is 0 Å². The number of rotatable bonds is 17. The Morgan fingerprint density at radius 3 is 2.48 bits per heavy atom. The molecule has 2 N–H and O–H groups in total. The van der Waals surface area contributed by atoms with Crippen LogP contribution >= 0.6 is 22.9 Å². The summed E-state index contributed by atoms with van der Waals surface area (Å²) in [7, 11) is 0. The van der Waals surface area contributed by atoms with Gasteiger partial charge in [-0.3, -0.25) is 38.8 Å². The summed E-state index contributed by atoms with van der Waals surface area (Å²) in [5.74, 6) is 0.764. The number of halogens is 1. The first-order valence-corrected chi connectivity index (χ1v) is 22.7. The average Bonchev–Trinajstić information content (AvgIpc) is 3.90. The Balaban J connectivity index is 0.741. The molecule has 17 heteroatoms. The number of unbranched alkanes of at least 4 members (excludes halogenated alkanes) is 4. The van der Waals surface area contributed by atoms with Gasteiger partial charge in [0, 0.05) is 58.1 Å². The van der Waals surface area contributed by atoms with Crippen LogP contribution in [0.1, 0.15) is 113 Å². The van der Waals surface area contributed by atoms with E-state index >= 15 is 0 Å². The quantitative estimate of drug-likeness (QED) is 0.0528. The van der Waals surface area contributed by atoms with Crippen molar-refractivity contribution in [1.82, 2.24) is 30.3 Å². The van der Waals surface area contributed by atoms with Crippen LogP contribution in [0, 0.1) is 20.8 Å². The summed E-state index contributed by atoms with van der Waals surface area (Å²) in [6.45, 7) is 6.83. The molecule has 3 aromatic carbocycles. The molecule has 15 nitrogen and oxygen atoms in total. The number of nitrogens with one attached hydrogen (secondary N) is 2. The lowest BCUT2D eigenvalue weighted by molar-refractivity contribution is -0.137. The molecule has 0 saturated carbocycles. The van der Waals surface area contributed by atoms with Crippen LogP contribution < -0.4 is 15.4 Å². The molecule has 8 rings (SSSR count). The van der Waals surface area contributed by atoms with Crippen molar-refractivity contribution in [3.8, 4) is 10.8 Å². The van der Waals surface area contributed by atoms with Gasteiger partial charge in [0.1, 0.15) is 35.3 Å². The van der Waals surface area contributed by atoms with Gasteiger partial charge in [-0.15, -0.1) is 21.5 Å². The summed E-state index contributed by atoms with van der Waals surface area (Å²) in [6, 6.07) is 18.5. The first kappa shape index (κ1) is 44.2. The minimum Gasteiger partial charge on any atom is -0.486 e. The fraction of sp³-hybridized carbons (Fsp3) is 0.362. The number of amides is 4. The lowest BCUT2D eigenvalue weighted by Gasteiger charge is -2.29. The van der Waals surface area contributed by atoms with E-state index in [1.165, 1.54) is 9.78 Å². The topological polar surface area (TPSA) is 190 Å². The molecule has 5 aromatic rings. The first-order chi connectivity index (χ1) is 30.9. The van der Waals surface area contributed by atoms with E-state index in [0.717, 1.165) is 65.3 Å². The number of aryl methyl sites for hydroxylation is 2. The number of carbonyl (C=O) groups excluding carboxylic acids is 5. The van der Waals surface area contributed by atoms with E-state index in [1.807, 2.05) is 35.8 Å². The van der Waals surface area contributed by atoms with Crippen molar-refractivity contribution >= 4 is 69.4 Å². The molecule has 3 aliphatic rings. The number of aliphatic imine (C=N–C) groups is 1. The van der Waals surface area contributed by atoms with Gasteiger partial charge in [-0.25, -0.2) is 0 Å². The SMILES string of the molecule is Cc1sc2c(c1C)C(c1ccc(Cl)cc1)=N[C@@H](CC(=O)NCCCCCCCC(=O)COc1ccc(N=Nc3cccc4c3CN(C3CCC(=O)NC3=O)C4=O)cc1)c1nnc(C)n1-2. The number of hydrogen-bond donors (Lipinski definition) is 2. The normalized spacial score (nSPS) is 16.8. The maximum atomic E-state index is 13.3. The Morgan fingerprint density at radius 2 is 1.70 bits per heavy atom. The van der Waals surface area contributed by atoms with E-state index in [2.05, 4.69) is 44.9 Å². The van der Waals surface area contributed by atoms with Crippen molar-refractivity contribution < 1.29 is 28.7 Å². The standard InChI is InChI=1S/C47H48ClN9O6S/c1-27-28(2)64-47-42(27)43(30-13-15-31(48)16-14-30)50-38(44-55-52-29(3)57(44)47)24-41(60)49-23-8-6-4-5-7-10-33(58)26-63-34-19-17-32(18-20-34)53-54-37-12-9-11-35-36(37)25-56(46(35)62)39-21-22-40(59)51-45(39)61/h9,11-20,38-39H,4-8,10,21-26H2,1-3H3,(H,49,60)(H,51,59,61)/t38-,39?/m0/s1. The van der Waals surface area contributed by atoms with E-state index in [0.29, 0.717) is 52.1 Å². The maximum Gasteiger partial charge on any atom is 0.255 e. The summed E-state index contributed by atoms with van der Waals surface area (Å²) in [5, 5.41) is 24.6. The second-order valence-electron chi connectivity index (χ2n) is 16.2. The molecule has 3 aliphatic heterocycles. The highest BCUT2D eigenvalue weighted by atomic mass is 35.5. The van der Waals surface area contributed by atoms with E-state index in [4.69, 9.17) is 21.3 Å². The molecule has 1 unspecified atom stereocenters. The number of imide groups is 1. The van der Waals surface area contributed by atoms with Crippen LogP contribution in [0.4, 0.5) is 11.4 Å². The highest BCUT2D eigenvalue weighted by Crippen LogP contribution is 2.40. The average molecular weight is 902 g/mol. The number of piperidine rings is 1. The third-order valence-corrected chi connectivity index (χ3v) is 13.2. The Kier molecular flexibility index (Phi) is 13.5. The number of hydrogen-bond acceptors (Lipinski definition) is 12. The smallest absolute Gasteiger partial charge is 0.255 e. The number of azo groups is 1. The summed E-state index contributed by atoms with van der Waals surface area (Å²) < 4.78 is 7.77. The van der Waals surface area contributed by atoms with Crippen molar-refractivity contribution in [1.29, 1.82) is 0 Å². The fourth-order valence-corrected chi connectivity index (χ4v) is 9.55. The molecule has 64 heavy (non-hydrogen) atoms. The lowest BCUT2D eigenvalue weighted by atomic mass is 9.99. The van der Waals surface area contributed by atoms with Crippen LogP contribution in [0.3, 0.4) is 0 Å². The minimum absolute atomic E-state index is 0.0154. The molecule has 0 aliphatic carbocycles. The zero-order valence-electron chi connectivity index (χ0n) is 35.9. The highest BCUT2D eigenvalue weighted by molar-refractivity contribution is 7.15. The molecule has 2 atom stereocenters. The van der Waals surface area contributed by atoms with Gasteiger partial charge in [-0.05, 0) is 94.1 Å². The molecule has 0 spiro atoms. The molecule has 0 bridgehead atoms. The van der Waals surface area contributed by atoms with Gasteiger partial charge in [0.2, 0.25) is 17.7 Å². The number of nitrogens with zero attached hydrogens (tertiary/aromatic N) is 7. The molecule has 0 radical (unpaired) electrons. The van der Waals surface area contributed by atoms with Crippen molar-refractivity contribution in [2.24, 2.45) is 15.2 Å². The van der Waals surface area contributed by atoms with Gasteiger partial charge in [-0.2, -0.15) is 10.2 Å². The van der Waals surface area contributed by atoms with Crippen LogP contribution in [-0.2, 0) is 25.7 Å². The molecular weight excluding hydrogens is 854 g/mol. The largest absolute Gasteiger partial charge is 0.486 e. The Labute approximate surface area is 379 Å². The predicted molar refractivity (Wildman–Crippen MR) is 242 cm³/mol. The van der Waals surface area contributed by atoms with Crippen LogP contribution in [-0.4, -0.2) is 74.0 Å².